The van der Waals surface area contributed by atoms with Gasteiger partial charge in [0.2, 0.25) is 15.9 Å². The molecule has 1 aromatic heterocycles. The van der Waals surface area contributed by atoms with Crippen LogP contribution in [0.3, 0.4) is 0 Å². The van der Waals surface area contributed by atoms with Crippen molar-refractivity contribution in [2.24, 2.45) is 5.92 Å². The van der Waals surface area contributed by atoms with Gasteiger partial charge in [0.05, 0.1) is 17.2 Å². The molecule has 7 heteroatoms. The minimum absolute atomic E-state index is 0.156. The van der Waals surface area contributed by atoms with Crippen molar-refractivity contribution >= 4 is 10.0 Å². The van der Waals surface area contributed by atoms with Crippen molar-refractivity contribution in [1.82, 2.24) is 14.5 Å². The van der Waals surface area contributed by atoms with Crippen molar-refractivity contribution in [3.05, 3.63) is 47.2 Å². The molecule has 3 rings (SSSR count). The third kappa shape index (κ3) is 3.99. The first-order valence-corrected chi connectivity index (χ1v) is 9.81. The maximum Gasteiger partial charge on any atom is 0.243 e. The van der Waals surface area contributed by atoms with Crippen LogP contribution in [-0.4, -0.2) is 42.6 Å². The van der Waals surface area contributed by atoms with E-state index in [2.05, 4.69) is 10.2 Å². The van der Waals surface area contributed by atoms with Crippen LogP contribution < -0.4 is 4.74 Å². The fourth-order valence-corrected chi connectivity index (χ4v) is 4.78. The second kappa shape index (κ2) is 7.09. The molecule has 1 unspecified atom stereocenters. The van der Waals surface area contributed by atoms with E-state index in [1.165, 1.54) is 0 Å². The van der Waals surface area contributed by atoms with Crippen molar-refractivity contribution in [3.8, 4) is 5.88 Å². The van der Waals surface area contributed by atoms with Crippen LogP contribution in [0.1, 0.15) is 23.2 Å². The number of sulfonamides is 1. The molecule has 1 aliphatic heterocycles. The van der Waals surface area contributed by atoms with Crippen LogP contribution in [-0.2, 0) is 10.0 Å². The Bertz CT molecular complexity index is 850. The third-order valence-electron chi connectivity index (χ3n) is 4.45. The maximum absolute atomic E-state index is 12.9. The summed E-state index contributed by atoms with van der Waals surface area (Å²) in [5.74, 6) is 0.629. The van der Waals surface area contributed by atoms with Crippen LogP contribution >= 0.6 is 0 Å². The summed E-state index contributed by atoms with van der Waals surface area (Å²) in [6, 6.07) is 9.15. The van der Waals surface area contributed by atoms with E-state index in [1.807, 2.05) is 39.0 Å². The lowest BCUT2D eigenvalue weighted by Crippen LogP contribution is -2.30. The number of aryl methyl sites for hydroxylation is 3. The molecule has 2 aromatic rings. The molecule has 6 nitrogen and oxygen atoms in total. The van der Waals surface area contributed by atoms with Gasteiger partial charge >= 0.3 is 0 Å². The minimum Gasteiger partial charge on any atom is -0.476 e. The fourth-order valence-electron chi connectivity index (χ4n) is 2.94. The molecule has 134 valence electrons. The van der Waals surface area contributed by atoms with Gasteiger partial charge in [-0.3, -0.25) is 0 Å². The summed E-state index contributed by atoms with van der Waals surface area (Å²) in [6.07, 6.45) is 0.781. The molecule has 1 aliphatic rings. The average Bonchev–Trinajstić information content (AvgIpc) is 3.06. The third-order valence-corrected chi connectivity index (χ3v) is 6.46. The van der Waals surface area contributed by atoms with Crippen LogP contribution in [0.4, 0.5) is 0 Å². The summed E-state index contributed by atoms with van der Waals surface area (Å²) >= 11 is 0. The van der Waals surface area contributed by atoms with Gasteiger partial charge in [0.25, 0.3) is 0 Å². The van der Waals surface area contributed by atoms with Gasteiger partial charge in [-0.05, 0) is 50.5 Å². The molecule has 0 spiro atoms. The zero-order valence-corrected chi connectivity index (χ0v) is 15.6. The van der Waals surface area contributed by atoms with E-state index in [1.54, 1.807) is 16.4 Å². The van der Waals surface area contributed by atoms with Crippen molar-refractivity contribution in [2.75, 3.05) is 19.7 Å². The first-order valence-electron chi connectivity index (χ1n) is 8.37. The van der Waals surface area contributed by atoms with Gasteiger partial charge in [0.15, 0.2) is 0 Å². The maximum atomic E-state index is 12.9. The zero-order valence-electron chi connectivity index (χ0n) is 14.8. The number of hydrogen-bond donors (Lipinski definition) is 0. The number of aromatic nitrogens is 2. The second-order valence-corrected chi connectivity index (χ2v) is 8.52. The molecule has 0 bridgehead atoms. The summed E-state index contributed by atoms with van der Waals surface area (Å²) < 4.78 is 33.1. The van der Waals surface area contributed by atoms with E-state index in [0.717, 1.165) is 23.2 Å². The molecular weight excluding hydrogens is 338 g/mol. The molecule has 0 N–H and O–H groups in total. The van der Waals surface area contributed by atoms with E-state index in [-0.39, 0.29) is 5.92 Å². The summed E-state index contributed by atoms with van der Waals surface area (Å²) in [5, 5.41) is 7.93. The van der Waals surface area contributed by atoms with E-state index in [4.69, 9.17) is 4.74 Å². The molecule has 0 saturated carbocycles. The normalized spacial score (nSPS) is 18.4. The Kier molecular flexibility index (Phi) is 5.06. The van der Waals surface area contributed by atoms with Crippen molar-refractivity contribution < 1.29 is 13.2 Å². The lowest BCUT2D eigenvalue weighted by atomic mass is 10.1. The largest absolute Gasteiger partial charge is 0.476 e. The van der Waals surface area contributed by atoms with Gasteiger partial charge in [-0.25, -0.2) is 8.42 Å². The molecule has 0 aliphatic carbocycles. The molecule has 25 heavy (non-hydrogen) atoms. The number of ether oxygens (including phenoxy) is 1. The molecule has 2 heterocycles. The quantitative estimate of drug-likeness (QED) is 0.818. The highest BCUT2D eigenvalue weighted by molar-refractivity contribution is 7.89. The van der Waals surface area contributed by atoms with E-state index >= 15 is 0 Å². The molecule has 1 atom stereocenters. The summed E-state index contributed by atoms with van der Waals surface area (Å²) in [4.78, 5) is 0.401. The van der Waals surface area contributed by atoms with Crippen LogP contribution in [0.25, 0.3) is 0 Å². The number of benzene rings is 1. The summed E-state index contributed by atoms with van der Waals surface area (Å²) in [7, 11) is -3.46. The number of hydrogen-bond acceptors (Lipinski definition) is 5. The van der Waals surface area contributed by atoms with Crippen LogP contribution in [0.5, 0.6) is 5.88 Å². The Morgan fingerprint density at radius 2 is 1.96 bits per heavy atom. The van der Waals surface area contributed by atoms with Crippen LogP contribution in [0.2, 0.25) is 0 Å². The molecule has 1 aromatic carbocycles. The minimum atomic E-state index is -3.46. The molecule has 1 saturated heterocycles. The Morgan fingerprint density at radius 3 is 2.68 bits per heavy atom. The lowest BCUT2D eigenvalue weighted by molar-refractivity contribution is 0.244. The predicted octanol–water partition coefficient (Wildman–Crippen LogP) is 2.49. The van der Waals surface area contributed by atoms with Crippen molar-refractivity contribution in [2.45, 2.75) is 32.1 Å². The highest BCUT2D eigenvalue weighted by Crippen LogP contribution is 2.27. The zero-order chi connectivity index (χ0) is 18.0. The van der Waals surface area contributed by atoms with Crippen LogP contribution in [0.15, 0.2) is 35.2 Å². The standard InChI is InChI=1S/C18H23N3O3S/c1-13-4-5-14(2)17(10-13)25(22,23)21-9-8-16(11-21)12-24-18-7-6-15(3)19-20-18/h4-7,10,16H,8-9,11-12H2,1-3H3. The van der Waals surface area contributed by atoms with Gasteiger partial charge in [-0.15, -0.1) is 5.10 Å². The van der Waals surface area contributed by atoms with Crippen LogP contribution in [0, 0.1) is 26.7 Å². The van der Waals surface area contributed by atoms with Crippen molar-refractivity contribution in [1.29, 1.82) is 0 Å². The highest BCUT2D eigenvalue weighted by Gasteiger charge is 2.33. The average molecular weight is 361 g/mol. The smallest absolute Gasteiger partial charge is 0.243 e. The van der Waals surface area contributed by atoms with Gasteiger partial charge < -0.3 is 4.74 Å². The molecule has 1 fully saturated rings. The van der Waals surface area contributed by atoms with Gasteiger partial charge in [0.1, 0.15) is 0 Å². The first kappa shape index (κ1) is 17.8. The molecular formula is C18H23N3O3S. The molecule has 0 radical (unpaired) electrons. The fraction of sp³-hybridized carbons (Fsp3) is 0.444. The van der Waals surface area contributed by atoms with Gasteiger partial charge in [-0.1, -0.05) is 12.1 Å². The lowest BCUT2D eigenvalue weighted by Gasteiger charge is -2.18. The first-order chi connectivity index (χ1) is 11.9. The summed E-state index contributed by atoms with van der Waals surface area (Å²) in [6.45, 7) is 7.03. The van der Waals surface area contributed by atoms with E-state index < -0.39 is 10.0 Å². The van der Waals surface area contributed by atoms with Crippen molar-refractivity contribution in [3.63, 3.8) is 0 Å². The van der Waals surface area contributed by atoms with Gasteiger partial charge in [0, 0.05) is 25.1 Å². The second-order valence-electron chi connectivity index (χ2n) is 6.61. The predicted molar refractivity (Wildman–Crippen MR) is 95.0 cm³/mol. The van der Waals surface area contributed by atoms with E-state index in [0.29, 0.717) is 30.5 Å². The number of rotatable bonds is 5. The monoisotopic (exact) mass is 361 g/mol. The Hall–Kier alpha value is -1.99. The Labute approximate surface area is 148 Å². The van der Waals surface area contributed by atoms with E-state index in [9.17, 15) is 8.42 Å². The summed E-state index contributed by atoms with van der Waals surface area (Å²) in [5.41, 5.74) is 2.56. The highest BCUT2D eigenvalue weighted by atomic mass is 32.2. The SMILES string of the molecule is Cc1ccc(C)c(S(=O)(=O)N2CCC(COc3ccc(C)nn3)C2)c1. The molecule has 0 amide bonds. The van der Waals surface area contributed by atoms with Gasteiger partial charge in [-0.2, -0.15) is 9.40 Å². The number of nitrogens with zero attached hydrogens (tertiary/aromatic N) is 3. The topological polar surface area (TPSA) is 72.4 Å². The Morgan fingerprint density at radius 1 is 1.16 bits per heavy atom. The Balaban J connectivity index is 1.65.